The first-order valence-electron chi connectivity index (χ1n) is 9.71. The number of hydrogen-bond donors (Lipinski definition) is 1. The quantitative estimate of drug-likeness (QED) is 0.606. The molecule has 0 aromatic carbocycles. The van der Waals surface area contributed by atoms with Crippen molar-refractivity contribution in [1.82, 2.24) is 19.9 Å². The largest absolute Gasteiger partial charge is 0.338 e. The maximum absolute atomic E-state index is 13.5. The lowest BCUT2D eigenvalue weighted by Gasteiger charge is -2.34. The van der Waals surface area contributed by atoms with E-state index in [2.05, 4.69) is 10.5 Å². The highest BCUT2D eigenvalue weighted by atomic mass is 19.3. The van der Waals surface area contributed by atoms with Crippen LogP contribution in [0.1, 0.15) is 53.1 Å². The SMILES string of the molecule is Cc1cc(-n2c(C)cc(C(=O)CN3C(=O)NC4(CCC(F)(F)CC4)C3=O)c2C)on1. The summed E-state index contributed by atoms with van der Waals surface area (Å²) in [5.41, 5.74) is 1.02. The van der Waals surface area contributed by atoms with Gasteiger partial charge in [-0.05, 0) is 39.7 Å². The number of nitrogens with one attached hydrogen (secondary N) is 1. The Morgan fingerprint density at radius 1 is 1.17 bits per heavy atom. The van der Waals surface area contributed by atoms with Crippen molar-refractivity contribution >= 4 is 17.7 Å². The van der Waals surface area contributed by atoms with Crippen LogP contribution in [0.4, 0.5) is 13.6 Å². The van der Waals surface area contributed by atoms with Crippen LogP contribution in [0, 0.1) is 20.8 Å². The third kappa shape index (κ3) is 3.20. The maximum atomic E-state index is 13.5. The van der Waals surface area contributed by atoms with Crippen LogP contribution in [-0.4, -0.2) is 50.4 Å². The van der Waals surface area contributed by atoms with Gasteiger partial charge in [0, 0.05) is 35.9 Å². The molecule has 4 rings (SSSR count). The molecule has 2 aliphatic rings. The average Bonchev–Trinajstić information content (AvgIpc) is 3.29. The average molecular weight is 420 g/mol. The third-order valence-electron chi connectivity index (χ3n) is 5.95. The Labute approximate surface area is 171 Å². The van der Waals surface area contributed by atoms with Crippen LogP contribution < -0.4 is 5.32 Å². The predicted molar refractivity (Wildman–Crippen MR) is 101 cm³/mol. The molecule has 3 amide bonds. The third-order valence-corrected chi connectivity index (χ3v) is 5.95. The van der Waals surface area contributed by atoms with Crippen molar-refractivity contribution in [2.75, 3.05) is 6.54 Å². The van der Waals surface area contributed by atoms with E-state index in [1.54, 1.807) is 37.5 Å². The van der Waals surface area contributed by atoms with E-state index in [-0.39, 0.29) is 12.8 Å². The maximum Gasteiger partial charge on any atom is 0.325 e. The normalized spacial score (nSPS) is 20.1. The van der Waals surface area contributed by atoms with Crippen LogP contribution >= 0.6 is 0 Å². The molecule has 1 spiro atoms. The number of carbonyl (C=O) groups excluding carboxylic acids is 3. The molecule has 3 heterocycles. The van der Waals surface area contributed by atoms with Gasteiger partial charge >= 0.3 is 6.03 Å². The summed E-state index contributed by atoms with van der Waals surface area (Å²) in [5.74, 6) is -3.42. The van der Waals surface area contributed by atoms with Crippen molar-refractivity contribution in [3.8, 4) is 5.88 Å². The smallest absolute Gasteiger partial charge is 0.325 e. The second kappa shape index (κ2) is 6.75. The van der Waals surface area contributed by atoms with Crippen molar-refractivity contribution in [3.63, 3.8) is 0 Å². The Morgan fingerprint density at radius 3 is 2.43 bits per heavy atom. The van der Waals surface area contributed by atoms with Gasteiger partial charge in [-0.3, -0.25) is 19.1 Å². The zero-order valence-electron chi connectivity index (χ0n) is 16.9. The highest BCUT2D eigenvalue weighted by Gasteiger charge is 2.55. The van der Waals surface area contributed by atoms with Crippen molar-refractivity contribution in [3.05, 3.63) is 34.8 Å². The Bertz CT molecular complexity index is 1050. The van der Waals surface area contributed by atoms with Crippen LogP contribution in [-0.2, 0) is 4.79 Å². The van der Waals surface area contributed by atoms with E-state index in [0.29, 0.717) is 22.8 Å². The molecule has 2 aromatic heterocycles. The van der Waals surface area contributed by atoms with Gasteiger partial charge in [-0.1, -0.05) is 5.16 Å². The Kier molecular flexibility index (Phi) is 4.55. The van der Waals surface area contributed by atoms with Gasteiger partial charge in [-0.15, -0.1) is 0 Å². The first-order chi connectivity index (χ1) is 14.0. The summed E-state index contributed by atoms with van der Waals surface area (Å²) in [4.78, 5) is 39.0. The Hall–Kier alpha value is -3.04. The molecular weight excluding hydrogens is 398 g/mol. The molecule has 0 radical (unpaired) electrons. The number of carbonyl (C=O) groups is 3. The van der Waals surface area contributed by atoms with E-state index in [4.69, 9.17) is 4.52 Å². The monoisotopic (exact) mass is 420 g/mol. The molecule has 160 valence electrons. The first kappa shape index (κ1) is 20.2. The topological polar surface area (TPSA) is 97.4 Å². The first-order valence-corrected chi connectivity index (χ1v) is 9.71. The predicted octanol–water partition coefficient (Wildman–Crippen LogP) is 3.07. The van der Waals surface area contributed by atoms with Gasteiger partial charge in [0.2, 0.25) is 11.8 Å². The molecule has 1 saturated heterocycles. The van der Waals surface area contributed by atoms with Crippen LogP contribution in [0.15, 0.2) is 16.7 Å². The van der Waals surface area contributed by atoms with Gasteiger partial charge in [-0.25, -0.2) is 13.6 Å². The molecule has 30 heavy (non-hydrogen) atoms. The molecule has 0 bridgehead atoms. The summed E-state index contributed by atoms with van der Waals surface area (Å²) in [5, 5.41) is 6.40. The number of rotatable bonds is 4. The number of halogens is 2. The minimum Gasteiger partial charge on any atom is -0.338 e. The molecule has 8 nitrogen and oxygen atoms in total. The molecule has 0 atom stereocenters. The van der Waals surface area contributed by atoms with Gasteiger partial charge in [0.1, 0.15) is 5.54 Å². The number of imide groups is 1. The molecule has 1 aliphatic heterocycles. The van der Waals surface area contributed by atoms with Crippen molar-refractivity contribution in [2.45, 2.75) is 57.9 Å². The summed E-state index contributed by atoms with van der Waals surface area (Å²) in [6, 6.07) is 2.66. The summed E-state index contributed by atoms with van der Waals surface area (Å²) in [6.45, 7) is 4.85. The lowest BCUT2D eigenvalue weighted by Crippen LogP contribution is -2.51. The standard InChI is InChI=1S/C20H22F2N4O4/c1-11-8-16(30-24-11)26-12(2)9-14(13(26)3)15(27)10-25-17(28)19(23-18(25)29)4-6-20(21,22)7-5-19/h8-9H,4-7,10H2,1-3H3,(H,23,29). The molecule has 0 unspecified atom stereocenters. The van der Waals surface area contributed by atoms with Crippen LogP contribution in [0.25, 0.3) is 5.88 Å². The van der Waals surface area contributed by atoms with Crippen molar-refractivity contribution in [2.24, 2.45) is 0 Å². The van der Waals surface area contributed by atoms with E-state index < -0.39 is 48.6 Å². The molecular formula is C20H22F2N4O4. The second-order valence-electron chi connectivity index (χ2n) is 8.11. The van der Waals surface area contributed by atoms with E-state index in [1.807, 2.05) is 0 Å². The summed E-state index contributed by atoms with van der Waals surface area (Å²) < 4.78 is 34.0. The number of hydrogen-bond acceptors (Lipinski definition) is 5. The fraction of sp³-hybridized carbons (Fsp3) is 0.500. The summed E-state index contributed by atoms with van der Waals surface area (Å²) in [6.07, 6.45) is -1.24. The summed E-state index contributed by atoms with van der Waals surface area (Å²) >= 11 is 0. The van der Waals surface area contributed by atoms with Crippen LogP contribution in [0.5, 0.6) is 0 Å². The second-order valence-corrected chi connectivity index (χ2v) is 8.11. The number of alkyl halides is 2. The van der Waals surface area contributed by atoms with E-state index in [0.717, 1.165) is 10.6 Å². The van der Waals surface area contributed by atoms with Gasteiger partial charge in [0.25, 0.3) is 5.91 Å². The van der Waals surface area contributed by atoms with Crippen LogP contribution in [0.2, 0.25) is 0 Å². The molecule has 2 aromatic rings. The zero-order valence-corrected chi connectivity index (χ0v) is 16.9. The van der Waals surface area contributed by atoms with Crippen molar-refractivity contribution in [1.29, 1.82) is 0 Å². The fourth-order valence-electron chi connectivity index (χ4n) is 4.27. The summed E-state index contributed by atoms with van der Waals surface area (Å²) in [7, 11) is 0. The van der Waals surface area contributed by atoms with E-state index in [9.17, 15) is 23.2 Å². The van der Waals surface area contributed by atoms with Crippen LogP contribution in [0.3, 0.4) is 0 Å². The number of urea groups is 1. The lowest BCUT2D eigenvalue weighted by atomic mass is 9.80. The minimum absolute atomic E-state index is 0.144. The number of aryl methyl sites for hydroxylation is 2. The Balaban J connectivity index is 1.55. The Morgan fingerprint density at radius 2 is 1.83 bits per heavy atom. The van der Waals surface area contributed by atoms with Gasteiger partial charge in [0.15, 0.2) is 5.78 Å². The minimum atomic E-state index is -2.84. The number of amides is 3. The highest BCUT2D eigenvalue weighted by molar-refractivity contribution is 6.11. The number of ketones is 1. The number of aromatic nitrogens is 2. The molecule has 1 aliphatic carbocycles. The van der Waals surface area contributed by atoms with Gasteiger partial charge in [0.05, 0.1) is 12.2 Å². The van der Waals surface area contributed by atoms with Gasteiger partial charge < -0.3 is 9.84 Å². The molecule has 1 saturated carbocycles. The van der Waals surface area contributed by atoms with E-state index >= 15 is 0 Å². The molecule has 2 fully saturated rings. The van der Waals surface area contributed by atoms with Gasteiger partial charge in [-0.2, -0.15) is 0 Å². The molecule has 1 N–H and O–H groups in total. The number of Topliss-reactive ketones (excluding diaryl/α,β-unsaturated/α-hetero) is 1. The highest BCUT2D eigenvalue weighted by Crippen LogP contribution is 2.41. The zero-order chi connectivity index (χ0) is 21.8. The number of nitrogens with zero attached hydrogens (tertiary/aromatic N) is 3. The lowest BCUT2D eigenvalue weighted by molar-refractivity contribution is -0.135. The van der Waals surface area contributed by atoms with Crippen molar-refractivity contribution < 1.29 is 27.7 Å². The van der Waals surface area contributed by atoms with E-state index in [1.165, 1.54) is 0 Å². The fourth-order valence-corrected chi connectivity index (χ4v) is 4.27. The molecule has 10 heteroatoms.